The minimum atomic E-state index is -0.166. The van der Waals surface area contributed by atoms with Crippen LogP contribution in [-0.4, -0.2) is 78.8 Å². The van der Waals surface area contributed by atoms with E-state index in [4.69, 9.17) is 52.3 Å². The number of halogens is 7. The number of nitrogens with one attached hydrogen (secondary N) is 4. The predicted molar refractivity (Wildman–Crippen MR) is 473 cm³/mol. The van der Waals surface area contributed by atoms with Crippen molar-refractivity contribution in [1.82, 2.24) is 21.3 Å². The second kappa shape index (κ2) is 36.6. The summed E-state index contributed by atoms with van der Waals surface area (Å²) in [7, 11) is 1.67. The van der Waals surface area contributed by atoms with Crippen molar-refractivity contribution in [3.05, 3.63) is 296 Å². The number of furan rings is 1. The van der Waals surface area contributed by atoms with Gasteiger partial charge in [0.05, 0.1) is 49.2 Å². The molecule has 4 aliphatic carbocycles. The number of nitrogens with zero attached hydrogens (tertiary/aromatic N) is 5. The van der Waals surface area contributed by atoms with E-state index in [9.17, 15) is 14.0 Å². The predicted octanol–water partition coefficient (Wildman–Crippen LogP) is 23.3. The molecule has 18 heteroatoms. The van der Waals surface area contributed by atoms with Gasteiger partial charge in [-0.3, -0.25) is 20.0 Å². The number of benzene rings is 10. The number of hydrogen-bond acceptors (Lipinski definition) is 11. The first-order valence-electron chi connectivity index (χ1n) is 40.8. The third kappa shape index (κ3) is 18.1. The average Bonchev–Trinajstić information content (AvgIpc) is 1.50. The molecule has 8 unspecified atom stereocenters. The minimum absolute atomic E-state index is 0.138. The van der Waals surface area contributed by atoms with E-state index >= 15 is 0 Å². The fourth-order valence-corrected chi connectivity index (χ4v) is 20.5. The van der Waals surface area contributed by atoms with Gasteiger partial charge in [0, 0.05) is 75.3 Å². The van der Waals surface area contributed by atoms with E-state index in [0.29, 0.717) is 73.2 Å². The second-order valence-corrected chi connectivity index (χ2v) is 35.1. The van der Waals surface area contributed by atoms with Crippen LogP contribution in [0.5, 0.6) is 5.75 Å². The zero-order chi connectivity index (χ0) is 78.2. The van der Waals surface area contributed by atoms with Gasteiger partial charge in [-0.2, -0.15) is 5.26 Å². The molecule has 114 heavy (non-hydrogen) atoms. The maximum atomic E-state index is 14.9. The molecule has 4 fully saturated rings. The monoisotopic (exact) mass is 1750 g/mol. The maximum Gasteiger partial charge on any atom is 0.137 e. The largest absolute Gasteiger partial charge is 0.496 e. The van der Waals surface area contributed by atoms with Crippen molar-refractivity contribution in [1.29, 1.82) is 5.26 Å². The Bertz CT molecular complexity index is 5240. The molecule has 0 bridgehead atoms. The fourth-order valence-electron chi connectivity index (χ4n) is 18.5. The topological polar surface area (TPSA) is 144 Å². The molecule has 0 spiro atoms. The Labute approximate surface area is 702 Å². The highest BCUT2D eigenvalue weighted by atomic mass is 79.9. The highest BCUT2D eigenvalue weighted by Gasteiger charge is 2.37. The molecule has 1 aromatic heterocycles. The number of fused-ring (bicyclic) bond motifs is 7. The van der Waals surface area contributed by atoms with Gasteiger partial charge in [-0.05, 0) is 254 Å². The van der Waals surface area contributed by atoms with Gasteiger partial charge in [-0.1, -0.05) is 219 Å². The van der Waals surface area contributed by atoms with Gasteiger partial charge in [0.2, 0.25) is 0 Å². The van der Waals surface area contributed by atoms with E-state index in [1.165, 1.54) is 114 Å². The quantitative estimate of drug-likeness (QED) is 0.0711. The van der Waals surface area contributed by atoms with Gasteiger partial charge in [0.15, 0.2) is 0 Å². The molecular formula is C96H94Br3Cl2F2N9O2. The second-order valence-electron chi connectivity index (χ2n) is 31.5. The van der Waals surface area contributed by atoms with Crippen molar-refractivity contribution in [3.63, 3.8) is 0 Å². The molecule has 0 radical (unpaired) electrons. The number of hydrogen-bond donors (Lipinski definition) is 4. The van der Waals surface area contributed by atoms with Gasteiger partial charge < -0.3 is 30.4 Å². The van der Waals surface area contributed by atoms with Crippen molar-refractivity contribution in [2.75, 3.05) is 7.11 Å². The normalized spacial score (nSPS) is 21.0. The van der Waals surface area contributed by atoms with Gasteiger partial charge in [-0.25, -0.2) is 8.78 Å². The summed E-state index contributed by atoms with van der Waals surface area (Å²) in [6.45, 7) is 0. The maximum absolute atomic E-state index is 14.9. The summed E-state index contributed by atoms with van der Waals surface area (Å²) < 4.78 is 43.9. The molecule has 11 aromatic rings. The lowest BCUT2D eigenvalue weighted by Crippen LogP contribution is -2.37. The summed E-state index contributed by atoms with van der Waals surface area (Å²) >= 11 is 24.1. The Balaban J connectivity index is 0.000000115. The molecule has 19 rings (SSSR count). The highest BCUT2D eigenvalue weighted by Crippen LogP contribution is 2.37. The number of methoxy groups -OCH3 is 1. The van der Waals surface area contributed by atoms with Gasteiger partial charge in [0.1, 0.15) is 46.3 Å². The standard InChI is InChI=1S/C25H24BrClN2.C25H24BrFN2.C24H22ClN3O.C22H24BrFN2O/c2*26-18-14-16-6-1-2-7-19(16)17(15-18)12-13-20-21(8-5-9-22(20)27)25-28-23-10-3-4-11-24(23)29-25;25-20-5-3-4-19(24-27-21-6-1-2-7-22(21)28-24)18(20)9-8-16-12-15(14-26)13-17-10-11-29-23(16)17;1-27-21-12-10-15(23)13-14(21)9-11-16-17(5-4-6-18(16)24)22-25-19-7-2-3-8-20(19)26-22/h2*1-2,5-9,14-15,23-24H,3-4,10-13H2,(H,28,29);3-5,10-13,21-22H,1-2,6-9H2,(H,27,28);4-6,10,12-13,19-20H,2-3,7-9,11H2,1H3,(H,25,26). The van der Waals surface area contributed by atoms with Crippen LogP contribution in [0.3, 0.4) is 0 Å². The number of aliphatic imine (C=N–C) groups is 4. The lowest BCUT2D eigenvalue weighted by atomic mass is 9.92. The number of nitriles is 1. The molecule has 584 valence electrons. The Morgan fingerprint density at radius 2 is 0.789 bits per heavy atom. The van der Waals surface area contributed by atoms with Crippen LogP contribution in [0.4, 0.5) is 8.78 Å². The zero-order valence-corrected chi connectivity index (χ0v) is 70.5. The third-order valence-electron chi connectivity index (χ3n) is 24.3. The molecule has 4 saturated carbocycles. The van der Waals surface area contributed by atoms with Crippen LogP contribution < -0.4 is 26.0 Å². The highest BCUT2D eigenvalue weighted by molar-refractivity contribution is 9.11. The molecule has 4 N–H and O–H groups in total. The zero-order valence-electron chi connectivity index (χ0n) is 64.2. The van der Waals surface area contributed by atoms with E-state index in [2.05, 4.69) is 160 Å². The summed E-state index contributed by atoms with van der Waals surface area (Å²) in [6, 6.07) is 65.8. The van der Waals surface area contributed by atoms with Crippen molar-refractivity contribution < 1.29 is 17.9 Å². The first-order valence-corrected chi connectivity index (χ1v) is 43.9. The Hall–Kier alpha value is -8.69. The molecule has 11 nitrogen and oxygen atoms in total. The SMILES string of the molecule is COc1ccc(Br)cc1CCc1c(F)cccc1C1=NC2CCCCC2N1.Clc1cccc(C2=NC3CCCCC3N2)c1CCc1cc(Br)cc2ccccc12.Fc1cccc(C2=NC3CCCCC3N2)c1CCc1cc(Br)cc2ccccc12.N#Cc1cc(CCc2c(Cl)cccc2C2=NC3CCCCC3N2)c2occc2c1. The number of amidine groups is 4. The molecule has 8 aliphatic rings. The molecule has 0 saturated heterocycles. The average molecular weight is 1750 g/mol. The molecule has 8 atom stereocenters. The summed E-state index contributed by atoms with van der Waals surface area (Å²) in [6.07, 6.45) is 27.2. The van der Waals surface area contributed by atoms with E-state index in [-0.39, 0.29) is 11.6 Å². The van der Waals surface area contributed by atoms with E-state index < -0.39 is 0 Å². The summed E-state index contributed by atoms with van der Waals surface area (Å²) in [4.78, 5) is 19.9. The number of aryl methyl sites for hydroxylation is 4. The van der Waals surface area contributed by atoms with Gasteiger partial charge >= 0.3 is 0 Å². The van der Waals surface area contributed by atoms with Crippen LogP contribution in [0, 0.1) is 23.0 Å². The van der Waals surface area contributed by atoms with Crippen molar-refractivity contribution >= 4 is 127 Å². The van der Waals surface area contributed by atoms with Crippen LogP contribution in [0.25, 0.3) is 32.5 Å². The summed E-state index contributed by atoms with van der Waals surface area (Å²) in [5, 5.41) is 31.4. The molecule has 5 heterocycles. The number of rotatable bonds is 17. The van der Waals surface area contributed by atoms with Crippen LogP contribution in [0.15, 0.2) is 226 Å². The first-order chi connectivity index (χ1) is 55.8. The van der Waals surface area contributed by atoms with Crippen LogP contribution in [0.1, 0.15) is 175 Å². The Kier molecular flexibility index (Phi) is 25.4. The summed E-state index contributed by atoms with van der Waals surface area (Å²) in [5.41, 5.74) is 14.1. The Morgan fingerprint density at radius 3 is 1.22 bits per heavy atom. The lowest BCUT2D eigenvalue weighted by molar-refractivity contribution is 0.385. The first kappa shape index (κ1) is 79.2. The van der Waals surface area contributed by atoms with Crippen molar-refractivity contribution in [2.45, 2.75) is 202 Å². The van der Waals surface area contributed by atoms with Crippen LogP contribution >= 0.6 is 71.0 Å². The van der Waals surface area contributed by atoms with Crippen LogP contribution in [0.2, 0.25) is 10.0 Å². The van der Waals surface area contributed by atoms with Crippen molar-refractivity contribution in [3.8, 4) is 11.8 Å². The molecular weight excluding hydrogens is 1660 g/mol. The van der Waals surface area contributed by atoms with Crippen molar-refractivity contribution in [2.24, 2.45) is 20.0 Å². The third-order valence-corrected chi connectivity index (χ3v) is 26.4. The van der Waals surface area contributed by atoms with Crippen LogP contribution in [-0.2, 0) is 51.4 Å². The van der Waals surface area contributed by atoms with Gasteiger partial charge in [-0.15, -0.1) is 0 Å². The number of ether oxygens (including phenoxy) is 1. The molecule has 0 amide bonds. The lowest BCUT2D eigenvalue weighted by Gasteiger charge is -2.23. The van der Waals surface area contributed by atoms with E-state index in [0.717, 1.165) is 172 Å². The van der Waals surface area contributed by atoms with Gasteiger partial charge in [0.25, 0.3) is 0 Å². The molecule has 4 aliphatic heterocycles. The Morgan fingerprint density at radius 1 is 0.404 bits per heavy atom. The van der Waals surface area contributed by atoms with E-state index in [1.807, 2.05) is 72.8 Å². The van der Waals surface area contributed by atoms with E-state index in [1.54, 1.807) is 37.6 Å². The summed E-state index contributed by atoms with van der Waals surface area (Å²) in [5.74, 6) is 4.30. The fraction of sp³-hybridized carbons (Fsp3) is 0.344. The molecule has 10 aromatic carbocycles. The smallest absolute Gasteiger partial charge is 0.137 e. The minimum Gasteiger partial charge on any atom is -0.496 e.